The summed E-state index contributed by atoms with van der Waals surface area (Å²) in [5.41, 5.74) is -4.52. The van der Waals surface area contributed by atoms with E-state index in [0.717, 1.165) is 12.8 Å². The highest BCUT2D eigenvalue weighted by atomic mass is 35.5. The molecule has 6 rings (SSSR count). The molecule has 1 aromatic carbocycles. The molecule has 81 heavy (non-hydrogen) atoms. The Labute approximate surface area is 481 Å². The van der Waals surface area contributed by atoms with Crippen molar-refractivity contribution in [3.05, 3.63) is 39.1 Å². The number of pyridine rings is 1. The fourth-order valence-electron chi connectivity index (χ4n) is 12.2. The molecule has 3 aliphatic heterocycles. The van der Waals surface area contributed by atoms with Gasteiger partial charge in [-0.2, -0.15) is 0 Å². The van der Waals surface area contributed by atoms with E-state index in [1.807, 2.05) is 49.4 Å². The Morgan fingerprint density at radius 3 is 2.21 bits per heavy atom. The second-order valence-electron chi connectivity index (χ2n) is 24.2. The monoisotopic (exact) mass is 1170 g/mol. The molecule has 4 aliphatic rings. The van der Waals surface area contributed by atoms with Crippen LogP contribution in [-0.4, -0.2) is 216 Å². The van der Waals surface area contributed by atoms with Crippen LogP contribution < -0.4 is 10.7 Å². The molecule has 4 fully saturated rings. The second kappa shape index (κ2) is 28.1. The zero-order valence-electron chi connectivity index (χ0n) is 49.9. The number of aromatic nitrogens is 1. The first kappa shape index (κ1) is 66.5. The van der Waals surface area contributed by atoms with Crippen molar-refractivity contribution in [1.29, 1.82) is 0 Å². The lowest BCUT2D eigenvalue weighted by atomic mass is 9.77. The standard InChI is InChI=1S/C58H93ClN4O18/c1-15-44-58(10,72)50(67)35(6)62(13)29-31(2)27-56(8,71)51(81-55-48(66)43(61(11)12)24-32(3)76-55)33(4)49(34(5)54(70)78-44)80-46-28-57(9,73-14)52(36(7)77-46)79-45(64)18-20-74-22-23-75-21-19-60-41-25-38-42(26-40(41)59)63(37-16-17-37)30-39(47(38)65)53(68)69/h25-26,30-37,43-44,46,48-52,55,60,66-67,71-72H,15-24,27-29H2,1-14H3,(H,68,69)/t31-,32-,33+,34-,35-,36-,43?,44-,46+,48?,49+,50-,51-,52?,55+,56-,57?,58-/m1/s1. The number of benzene rings is 1. The average Bonchev–Trinajstić information content (AvgIpc) is 4.44. The summed E-state index contributed by atoms with van der Waals surface area (Å²) in [6.07, 6.45) is -6.17. The normalized spacial score (nSPS) is 36.9. The number of likely N-dealkylation sites (N-methyl/N-ethyl adjacent to an activating group) is 2. The highest BCUT2D eigenvalue weighted by molar-refractivity contribution is 6.34. The van der Waals surface area contributed by atoms with E-state index in [1.165, 1.54) is 20.2 Å². The molecular weight excluding hydrogens is 1080 g/mol. The number of anilines is 1. The first-order valence-electron chi connectivity index (χ1n) is 28.7. The van der Waals surface area contributed by atoms with Gasteiger partial charge < -0.3 is 87.8 Å². The van der Waals surface area contributed by atoms with Crippen molar-refractivity contribution in [2.75, 3.05) is 73.1 Å². The van der Waals surface area contributed by atoms with Gasteiger partial charge >= 0.3 is 17.9 Å². The summed E-state index contributed by atoms with van der Waals surface area (Å²) >= 11 is 6.59. The van der Waals surface area contributed by atoms with Crippen LogP contribution >= 0.6 is 11.6 Å². The van der Waals surface area contributed by atoms with E-state index >= 15 is 0 Å². The Hall–Kier alpha value is -3.59. The molecule has 0 amide bonds. The number of carbonyl (C=O) groups excluding carboxylic acids is 2. The summed E-state index contributed by atoms with van der Waals surface area (Å²) in [6.45, 7) is 18.8. The molecule has 1 aromatic heterocycles. The summed E-state index contributed by atoms with van der Waals surface area (Å²) in [4.78, 5) is 56.7. The molecule has 2 aromatic rings. The van der Waals surface area contributed by atoms with E-state index in [1.54, 1.807) is 60.6 Å². The van der Waals surface area contributed by atoms with Crippen LogP contribution in [0.25, 0.3) is 10.9 Å². The molecule has 0 radical (unpaired) electrons. The second-order valence-corrected chi connectivity index (χ2v) is 24.6. The third-order valence-corrected chi connectivity index (χ3v) is 17.4. The van der Waals surface area contributed by atoms with Gasteiger partial charge in [0.25, 0.3) is 0 Å². The number of hydrogen-bond donors (Lipinski definition) is 6. The third kappa shape index (κ3) is 16.0. The number of aromatic carboxylic acids is 1. The number of nitrogens with one attached hydrogen (secondary N) is 1. The number of fused-ring (bicyclic) bond motifs is 1. The number of rotatable bonds is 20. The molecule has 4 heterocycles. The number of aliphatic hydroxyl groups excluding tert-OH is 2. The summed E-state index contributed by atoms with van der Waals surface area (Å²) < 4.78 is 58.0. The van der Waals surface area contributed by atoms with E-state index < -0.39 is 113 Å². The third-order valence-electron chi connectivity index (χ3n) is 17.1. The van der Waals surface area contributed by atoms with Crippen molar-refractivity contribution < 1.29 is 82.5 Å². The van der Waals surface area contributed by atoms with Crippen molar-refractivity contribution in [3.63, 3.8) is 0 Å². The fourth-order valence-corrected chi connectivity index (χ4v) is 12.4. The minimum absolute atomic E-state index is 0.0203. The van der Waals surface area contributed by atoms with Gasteiger partial charge in [-0.1, -0.05) is 32.4 Å². The smallest absolute Gasteiger partial charge is 0.341 e. The SMILES string of the molecule is CC[C@H]1OC(=O)[C@H](C)[C@@H](O[C@H]2CC(C)(OC)C(OC(=O)CCOCCOCCNc3cc4c(=O)c(C(=O)O)cn(C5CC5)c4cc3Cl)[C@@H](C)O2)[C@H](C)[C@@H](O[C@@H]2O[C@H](C)CC(N(C)C)C2O)[C@](C)(O)C[C@@H](C)CN(C)[C@H](C)[C@@H](O)[C@]1(C)O. The molecule has 460 valence electrons. The Balaban J connectivity index is 1.10. The predicted molar refractivity (Wildman–Crippen MR) is 301 cm³/mol. The first-order chi connectivity index (χ1) is 38.0. The van der Waals surface area contributed by atoms with Gasteiger partial charge in [0.05, 0.1) is 85.0 Å². The number of carbonyl (C=O) groups is 3. The van der Waals surface area contributed by atoms with Gasteiger partial charge in [-0.25, -0.2) is 4.79 Å². The van der Waals surface area contributed by atoms with Crippen LogP contribution in [0.3, 0.4) is 0 Å². The lowest BCUT2D eigenvalue weighted by Gasteiger charge is -2.49. The minimum Gasteiger partial charge on any atom is -0.477 e. The summed E-state index contributed by atoms with van der Waals surface area (Å²) in [6, 6.07) is 2.45. The zero-order chi connectivity index (χ0) is 60.1. The number of aliphatic hydroxyl groups is 4. The molecule has 23 heteroatoms. The van der Waals surface area contributed by atoms with Crippen molar-refractivity contribution in [2.24, 2.45) is 17.8 Å². The number of ether oxygens (including phenoxy) is 9. The van der Waals surface area contributed by atoms with E-state index in [4.69, 9.17) is 54.2 Å². The van der Waals surface area contributed by atoms with Crippen LogP contribution in [0.15, 0.2) is 23.1 Å². The van der Waals surface area contributed by atoms with Gasteiger partial charge in [0.2, 0.25) is 5.43 Å². The predicted octanol–water partition coefficient (Wildman–Crippen LogP) is 4.99. The zero-order valence-corrected chi connectivity index (χ0v) is 50.7. The number of methoxy groups -OCH3 is 1. The molecule has 1 saturated carbocycles. The van der Waals surface area contributed by atoms with Gasteiger partial charge in [0.1, 0.15) is 35.1 Å². The Kier molecular flexibility index (Phi) is 23.1. The number of halogens is 1. The number of hydrogen-bond acceptors (Lipinski definition) is 20. The van der Waals surface area contributed by atoms with Crippen molar-refractivity contribution in [2.45, 2.75) is 211 Å². The summed E-state index contributed by atoms with van der Waals surface area (Å²) in [5.74, 6) is -4.76. The molecule has 18 atom stereocenters. The number of cyclic esters (lactones) is 1. The van der Waals surface area contributed by atoms with Gasteiger partial charge in [0, 0.05) is 62.2 Å². The van der Waals surface area contributed by atoms with Crippen molar-refractivity contribution >= 4 is 46.1 Å². The molecule has 22 nitrogen and oxygen atoms in total. The largest absolute Gasteiger partial charge is 0.477 e. The summed E-state index contributed by atoms with van der Waals surface area (Å²) in [5, 5.41) is 61.6. The highest BCUT2D eigenvalue weighted by Crippen LogP contribution is 2.42. The van der Waals surface area contributed by atoms with Crippen LogP contribution in [0.1, 0.15) is 131 Å². The van der Waals surface area contributed by atoms with Gasteiger partial charge in [-0.15, -0.1) is 0 Å². The van der Waals surface area contributed by atoms with Gasteiger partial charge in [0.15, 0.2) is 18.7 Å². The number of carboxylic acids is 1. The maximum absolute atomic E-state index is 14.6. The Morgan fingerprint density at radius 2 is 1.59 bits per heavy atom. The van der Waals surface area contributed by atoms with Crippen LogP contribution in [-0.2, 0) is 52.2 Å². The average molecular weight is 1170 g/mol. The van der Waals surface area contributed by atoms with Crippen molar-refractivity contribution in [3.8, 4) is 0 Å². The molecular formula is C58H93ClN4O18. The minimum atomic E-state index is -1.87. The number of nitrogens with zero attached hydrogens (tertiary/aromatic N) is 3. The number of esters is 2. The maximum Gasteiger partial charge on any atom is 0.341 e. The molecule has 0 bridgehead atoms. The van der Waals surface area contributed by atoms with E-state index in [9.17, 15) is 44.7 Å². The van der Waals surface area contributed by atoms with Crippen LogP contribution in [0.5, 0.6) is 0 Å². The molecule has 4 unspecified atom stereocenters. The lowest BCUT2D eigenvalue weighted by Crippen LogP contribution is -2.61. The van der Waals surface area contributed by atoms with E-state index in [0.29, 0.717) is 35.7 Å². The maximum atomic E-state index is 14.6. The summed E-state index contributed by atoms with van der Waals surface area (Å²) in [7, 11) is 7.05. The van der Waals surface area contributed by atoms with Crippen LogP contribution in [0.4, 0.5) is 5.69 Å². The van der Waals surface area contributed by atoms with Crippen LogP contribution in [0.2, 0.25) is 5.02 Å². The van der Waals surface area contributed by atoms with Crippen LogP contribution in [0, 0.1) is 17.8 Å². The Bertz CT molecular complexity index is 2490. The molecule has 6 N–H and O–H groups in total. The lowest BCUT2D eigenvalue weighted by molar-refractivity contribution is -0.318. The topological polar surface area (TPSA) is 276 Å². The first-order valence-corrected chi connectivity index (χ1v) is 29.1. The molecule has 3 saturated heterocycles. The van der Waals surface area contributed by atoms with E-state index in [-0.39, 0.29) is 87.2 Å². The Morgan fingerprint density at radius 1 is 0.926 bits per heavy atom. The number of carboxylic acid groups (broad SMARTS) is 1. The molecule has 1 aliphatic carbocycles. The fraction of sp³-hybridized carbons (Fsp3) is 0.793. The van der Waals surface area contributed by atoms with Gasteiger partial charge in [-0.05, 0) is 120 Å². The molecule has 0 spiro atoms. The van der Waals surface area contributed by atoms with Gasteiger partial charge in [-0.3, -0.25) is 14.4 Å². The highest BCUT2D eigenvalue weighted by Gasteiger charge is 2.54. The van der Waals surface area contributed by atoms with E-state index in [2.05, 4.69) is 5.32 Å². The quantitative estimate of drug-likeness (QED) is 0.0753. The van der Waals surface area contributed by atoms with Crippen molar-refractivity contribution in [1.82, 2.24) is 14.4 Å².